The Morgan fingerprint density at radius 1 is 1.80 bits per heavy atom. The Morgan fingerprint density at radius 3 is 2.80 bits per heavy atom. The summed E-state index contributed by atoms with van der Waals surface area (Å²) in [6.45, 7) is 2.02. The van der Waals surface area contributed by atoms with E-state index >= 15 is 0 Å². The summed E-state index contributed by atoms with van der Waals surface area (Å²) in [7, 11) is 0. The van der Waals surface area contributed by atoms with Crippen molar-refractivity contribution in [1.29, 1.82) is 0 Å². The van der Waals surface area contributed by atoms with Crippen LogP contribution in [0.1, 0.15) is 6.92 Å². The monoisotopic (exact) mass is 227 g/mol. The molecule has 0 rings (SSSR count). The molecule has 2 nitrogen and oxygen atoms in total. The normalized spacial score (nSPS) is 12.7. The maximum atomic E-state index is 10.7. The predicted molar refractivity (Wildman–Crippen MR) is 47.9 cm³/mol. The Hall–Kier alpha value is 0.339. The summed E-state index contributed by atoms with van der Waals surface area (Å²) < 4.78 is 0. The van der Waals surface area contributed by atoms with Gasteiger partial charge in [0.2, 0.25) is 0 Å². The molecule has 0 saturated heterocycles. The van der Waals surface area contributed by atoms with E-state index in [0.29, 0.717) is 26.8 Å². The van der Waals surface area contributed by atoms with Gasteiger partial charge in [0.05, 0.1) is 0 Å². The van der Waals surface area contributed by atoms with Crippen LogP contribution in [0.15, 0.2) is 0 Å². The van der Waals surface area contributed by atoms with Gasteiger partial charge in [0, 0.05) is 0 Å². The van der Waals surface area contributed by atoms with E-state index in [1.807, 2.05) is 6.92 Å². The second kappa shape index (κ2) is 6.08. The molecule has 0 aromatic heterocycles. The topological polar surface area (TPSA) is 29.1 Å². The molecule has 0 aromatic rings. The van der Waals surface area contributed by atoms with E-state index in [9.17, 15) is 4.79 Å². The van der Waals surface area contributed by atoms with Crippen molar-refractivity contribution in [1.82, 2.24) is 5.32 Å². The first-order valence-electron chi connectivity index (χ1n) is 3.10. The first kappa shape index (κ1) is 10.3. The number of amides is 1. The molecule has 0 spiro atoms. The summed E-state index contributed by atoms with van der Waals surface area (Å²) in [6.07, 6.45) is 0. The standard InChI is InChI=1S/C6H13NOSSe/c1-5(4-10-2)7-6(8)3-9/h5,9H,3-4H2,1-2H3,(H,7,8). The van der Waals surface area contributed by atoms with E-state index in [-0.39, 0.29) is 5.91 Å². The Balaban J connectivity index is 3.37. The minimum atomic E-state index is 0.0279. The zero-order valence-corrected chi connectivity index (χ0v) is 8.86. The molecule has 0 aliphatic rings. The van der Waals surface area contributed by atoms with E-state index in [1.54, 1.807) is 0 Å². The molecule has 4 heteroatoms. The molecule has 10 heavy (non-hydrogen) atoms. The van der Waals surface area contributed by atoms with Crippen LogP contribution in [0.2, 0.25) is 11.1 Å². The van der Waals surface area contributed by atoms with Crippen molar-refractivity contribution in [2.45, 2.75) is 24.1 Å². The second-order valence-electron chi connectivity index (χ2n) is 2.08. The van der Waals surface area contributed by atoms with Gasteiger partial charge in [-0.25, -0.2) is 0 Å². The van der Waals surface area contributed by atoms with Gasteiger partial charge < -0.3 is 0 Å². The third-order valence-electron chi connectivity index (χ3n) is 0.968. The van der Waals surface area contributed by atoms with Crippen LogP contribution >= 0.6 is 12.6 Å². The molecule has 0 radical (unpaired) electrons. The fourth-order valence-electron chi connectivity index (χ4n) is 0.612. The van der Waals surface area contributed by atoms with E-state index in [0.717, 1.165) is 5.32 Å². The van der Waals surface area contributed by atoms with Gasteiger partial charge in [-0.3, -0.25) is 0 Å². The van der Waals surface area contributed by atoms with E-state index in [4.69, 9.17) is 0 Å². The number of nitrogens with one attached hydrogen (secondary N) is 1. The average Bonchev–Trinajstić information content (AvgIpc) is 1.88. The summed E-state index contributed by atoms with van der Waals surface area (Å²) in [6, 6.07) is 0.324. The number of hydrogen-bond acceptors (Lipinski definition) is 2. The van der Waals surface area contributed by atoms with Gasteiger partial charge in [-0.15, -0.1) is 0 Å². The van der Waals surface area contributed by atoms with Crippen LogP contribution in [-0.4, -0.2) is 32.7 Å². The van der Waals surface area contributed by atoms with Crippen LogP contribution in [0.25, 0.3) is 0 Å². The number of hydrogen-bond donors (Lipinski definition) is 2. The Morgan fingerprint density at radius 2 is 2.40 bits per heavy atom. The van der Waals surface area contributed by atoms with Crippen molar-refractivity contribution in [2.24, 2.45) is 0 Å². The van der Waals surface area contributed by atoms with Crippen LogP contribution in [0.4, 0.5) is 0 Å². The number of carbonyl (C=O) groups is 1. The Bertz CT molecular complexity index is 110. The number of thiol groups is 1. The first-order chi connectivity index (χ1) is 4.70. The molecule has 1 unspecified atom stereocenters. The molecule has 0 fully saturated rings. The van der Waals surface area contributed by atoms with Gasteiger partial charge in [0.25, 0.3) is 0 Å². The van der Waals surface area contributed by atoms with Gasteiger partial charge in [-0.2, -0.15) is 0 Å². The summed E-state index contributed by atoms with van der Waals surface area (Å²) in [5.41, 5.74) is 0. The van der Waals surface area contributed by atoms with Crippen molar-refractivity contribution in [3.05, 3.63) is 0 Å². The van der Waals surface area contributed by atoms with Gasteiger partial charge in [0.15, 0.2) is 0 Å². The molecule has 60 valence electrons. The van der Waals surface area contributed by atoms with Crippen LogP contribution in [0, 0.1) is 0 Å². The molecule has 1 atom stereocenters. The zero-order valence-electron chi connectivity index (χ0n) is 6.26. The second-order valence-corrected chi connectivity index (χ2v) is 4.31. The fraction of sp³-hybridized carbons (Fsp3) is 0.833. The Labute approximate surface area is 73.7 Å². The quantitative estimate of drug-likeness (QED) is 0.533. The molecular weight excluding hydrogens is 213 g/mol. The minimum absolute atomic E-state index is 0.0279. The van der Waals surface area contributed by atoms with Crippen molar-refractivity contribution in [2.75, 3.05) is 5.75 Å². The molecule has 0 aliphatic heterocycles. The molecule has 1 N–H and O–H groups in total. The van der Waals surface area contributed by atoms with E-state index in [2.05, 4.69) is 23.8 Å². The van der Waals surface area contributed by atoms with Crippen LogP contribution in [-0.2, 0) is 4.79 Å². The molecule has 0 bridgehead atoms. The first-order valence-corrected chi connectivity index (χ1v) is 6.65. The van der Waals surface area contributed by atoms with E-state index < -0.39 is 0 Å². The third-order valence-corrected chi connectivity index (χ3v) is 3.00. The molecule has 1 amide bonds. The molecule has 0 aromatic carbocycles. The predicted octanol–water partition coefficient (Wildman–Crippen LogP) is 0.591. The number of carbonyl (C=O) groups excluding carboxylic acids is 1. The van der Waals surface area contributed by atoms with Crippen LogP contribution in [0.3, 0.4) is 0 Å². The summed E-state index contributed by atoms with van der Waals surface area (Å²) >= 11 is 4.49. The molecule has 0 aliphatic carbocycles. The van der Waals surface area contributed by atoms with Crippen molar-refractivity contribution < 1.29 is 4.79 Å². The third kappa shape index (κ3) is 5.15. The summed E-state index contributed by atoms with van der Waals surface area (Å²) in [5, 5.41) is 3.93. The summed E-state index contributed by atoms with van der Waals surface area (Å²) in [5.74, 6) is 2.48. The SMILES string of the molecule is C[Se]CC(C)NC(=O)CS. The van der Waals surface area contributed by atoms with Gasteiger partial charge in [-0.05, 0) is 0 Å². The summed E-state index contributed by atoms with van der Waals surface area (Å²) in [4.78, 5) is 10.7. The van der Waals surface area contributed by atoms with Gasteiger partial charge in [-0.1, -0.05) is 0 Å². The van der Waals surface area contributed by atoms with Gasteiger partial charge in [0.1, 0.15) is 0 Å². The van der Waals surface area contributed by atoms with Crippen LogP contribution in [0.5, 0.6) is 0 Å². The fourth-order valence-corrected chi connectivity index (χ4v) is 1.93. The van der Waals surface area contributed by atoms with Crippen molar-refractivity contribution in [3.63, 3.8) is 0 Å². The van der Waals surface area contributed by atoms with Crippen molar-refractivity contribution in [3.8, 4) is 0 Å². The van der Waals surface area contributed by atoms with Gasteiger partial charge >= 0.3 is 73.5 Å². The van der Waals surface area contributed by atoms with Crippen LogP contribution < -0.4 is 5.32 Å². The van der Waals surface area contributed by atoms with E-state index in [1.165, 1.54) is 0 Å². The molecule has 0 saturated carbocycles. The molecule has 0 heterocycles. The number of rotatable bonds is 4. The molecular formula is C6H13NOSSe. The average molecular weight is 226 g/mol. The zero-order chi connectivity index (χ0) is 7.98. The maximum absolute atomic E-state index is 10.7. The van der Waals surface area contributed by atoms with Crippen molar-refractivity contribution >= 4 is 33.5 Å². The Kier molecular flexibility index (Phi) is 6.28.